The zero-order chi connectivity index (χ0) is 24.4. The summed E-state index contributed by atoms with van der Waals surface area (Å²) < 4.78 is 11.8. The fourth-order valence-corrected chi connectivity index (χ4v) is 3.62. The molecule has 180 valence electrons. The minimum absolute atomic E-state index is 0.255. The van der Waals surface area contributed by atoms with Crippen molar-refractivity contribution < 1.29 is 19.7 Å². The van der Waals surface area contributed by atoms with Crippen LogP contribution in [0.2, 0.25) is 0 Å². The molecule has 2 N–H and O–H groups in total. The average Bonchev–Trinajstić information content (AvgIpc) is 2.82. The van der Waals surface area contributed by atoms with Gasteiger partial charge in [-0.25, -0.2) is 0 Å². The Hall–Kier alpha value is -2.56. The summed E-state index contributed by atoms with van der Waals surface area (Å²) in [6.07, 6.45) is 5.49. The number of rotatable bonds is 14. The summed E-state index contributed by atoms with van der Waals surface area (Å²) in [4.78, 5) is 0. The first kappa shape index (κ1) is 26.7. The van der Waals surface area contributed by atoms with Crippen LogP contribution in [0.1, 0.15) is 62.8 Å². The Kier molecular flexibility index (Phi) is 10.2. The fraction of sp³-hybridized carbons (Fsp3) is 0.448. The van der Waals surface area contributed by atoms with Crippen molar-refractivity contribution >= 4 is 0 Å². The van der Waals surface area contributed by atoms with Gasteiger partial charge in [0, 0.05) is 5.41 Å². The van der Waals surface area contributed by atoms with E-state index >= 15 is 0 Å². The lowest BCUT2D eigenvalue weighted by atomic mass is 9.76. The number of ether oxygens (including phenoxy) is 2. The van der Waals surface area contributed by atoms with Gasteiger partial charge in [0.15, 0.2) is 0 Å². The average molecular weight is 453 g/mol. The van der Waals surface area contributed by atoms with Crippen LogP contribution in [-0.4, -0.2) is 35.6 Å². The Bertz CT molecular complexity index is 842. The van der Waals surface area contributed by atoms with Crippen molar-refractivity contribution in [3.8, 4) is 11.5 Å². The predicted octanol–water partition coefficient (Wildman–Crippen LogP) is 5.77. The molecule has 33 heavy (non-hydrogen) atoms. The third kappa shape index (κ3) is 7.21. The highest BCUT2D eigenvalue weighted by atomic mass is 16.5. The molecule has 0 spiro atoms. The van der Waals surface area contributed by atoms with Crippen molar-refractivity contribution in [2.75, 3.05) is 13.2 Å². The summed E-state index contributed by atoms with van der Waals surface area (Å²) in [5, 5.41) is 19.7. The number of aliphatic hydroxyl groups excluding tert-OH is 2. The van der Waals surface area contributed by atoms with E-state index in [2.05, 4.69) is 51.3 Å². The lowest BCUT2D eigenvalue weighted by molar-refractivity contribution is 0.104. The van der Waals surface area contributed by atoms with E-state index in [9.17, 15) is 10.2 Å². The second kappa shape index (κ2) is 12.6. The smallest absolute Gasteiger partial charge is 0.122 e. The minimum atomic E-state index is -0.472. The highest BCUT2D eigenvalue weighted by molar-refractivity contribution is 5.48. The molecule has 2 rings (SSSR count). The molecule has 0 bridgehead atoms. The van der Waals surface area contributed by atoms with Crippen molar-refractivity contribution in [3.05, 3.63) is 84.0 Å². The van der Waals surface area contributed by atoms with Crippen molar-refractivity contribution in [2.45, 2.75) is 71.0 Å². The van der Waals surface area contributed by atoms with Crippen molar-refractivity contribution in [1.82, 2.24) is 0 Å². The molecule has 0 heterocycles. The molecular formula is C29H40O4. The van der Waals surface area contributed by atoms with E-state index in [1.807, 2.05) is 38.1 Å². The summed E-state index contributed by atoms with van der Waals surface area (Å²) in [6.45, 7) is 16.6. The van der Waals surface area contributed by atoms with Crippen molar-refractivity contribution in [2.24, 2.45) is 0 Å². The van der Waals surface area contributed by atoms with Crippen LogP contribution in [0.4, 0.5) is 0 Å². The van der Waals surface area contributed by atoms with Crippen LogP contribution in [0.3, 0.4) is 0 Å². The molecule has 2 aromatic carbocycles. The Morgan fingerprint density at radius 1 is 0.788 bits per heavy atom. The quantitative estimate of drug-likeness (QED) is 0.357. The van der Waals surface area contributed by atoms with Gasteiger partial charge in [0.1, 0.15) is 24.7 Å². The summed E-state index contributed by atoms with van der Waals surface area (Å²) in [7, 11) is 0. The molecule has 4 nitrogen and oxygen atoms in total. The molecule has 0 fully saturated rings. The van der Waals surface area contributed by atoms with E-state index in [0.29, 0.717) is 25.7 Å². The molecule has 0 aliphatic rings. The lowest BCUT2D eigenvalue weighted by Gasteiger charge is -2.28. The third-order valence-electron chi connectivity index (χ3n) is 6.10. The zero-order valence-corrected chi connectivity index (χ0v) is 20.6. The van der Waals surface area contributed by atoms with Crippen molar-refractivity contribution in [3.63, 3.8) is 0 Å². The third-order valence-corrected chi connectivity index (χ3v) is 6.10. The fourth-order valence-electron chi connectivity index (χ4n) is 3.62. The van der Waals surface area contributed by atoms with Crippen LogP contribution in [-0.2, 0) is 18.3 Å². The van der Waals surface area contributed by atoms with E-state index in [0.717, 1.165) is 22.6 Å². The molecule has 2 unspecified atom stereocenters. The molecule has 0 aromatic heterocycles. The Morgan fingerprint density at radius 2 is 1.18 bits per heavy atom. The maximum Gasteiger partial charge on any atom is 0.122 e. The van der Waals surface area contributed by atoms with Crippen molar-refractivity contribution in [1.29, 1.82) is 0 Å². The Labute approximate surface area is 199 Å². The van der Waals surface area contributed by atoms with Gasteiger partial charge in [-0.1, -0.05) is 64.1 Å². The van der Waals surface area contributed by atoms with Crippen LogP contribution < -0.4 is 9.47 Å². The number of benzene rings is 2. The summed E-state index contributed by atoms with van der Waals surface area (Å²) in [6, 6.07) is 12.5. The summed E-state index contributed by atoms with van der Waals surface area (Å²) >= 11 is 0. The standard InChI is InChI=1S/C29H40O4/c1-7-11-21-17-23(13-15-27(21)32-19-25(30)9-3)29(5,6)24-14-16-28(22(18-24)12-8-2)33-20-26(31)10-4/h7-8,13-18,25-26,30-31H,1-2,9-12,19-20H2,3-6H3. The molecule has 4 heteroatoms. The predicted molar refractivity (Wildman–Crippen MR) is 136 cm³/mol. The normalized spacial score (nSPS) is 13.3. The van der Waals surface area contributed by atoms with Gasteiger partial charge < -0.3 is 19.7 Å². The molecule has 0 aliphatic heterocycles. The van der Waals surface area contributed by atoms with Gasteiger partial charge in [0.2, 0.25) is 0 Å². The molecular weight excluding hydrogens is 412 g/mol. The number of hydrogen-bond donors (Lipinski definition) is 2. The first-order valence-electron chi connectivity index (χ1n) is 11.9. The van der Waals surface area contributed by atoms with Crippen LogP contribution >= 0.6 is 0 Å². The molecule has 0 saturated heterocycles. The second-order valence-corrected chi connectivity index (χ2v) is 9.00. The summed E-state index contributed by atoms with van der Waals surface area (Å²) in [5.74, 6) is 1.57. The van der Waals surface area contributed by atoms with E-state index in [1.165, 1.54) is 11.1 Å². The van der Waals surface area contributed by atoms with Gasteiger partial charge in [-0.3, -0.25) is 0 Å². The van der Waals surface area contributed by atoms with Gasteiger partial charge in [-0.05, 0) is 60.1 Å². The number of hydrogen-bond acceptors (Lipinski definition) is 4. The second-order valence-electron chi connectivity index (χ2n) is 9.00. The minimum Gasteiger partial charge on any atom is -0.491 e. The van der Waals surface area contributed by atoms with Gasteiger partial charge in [-0.15, -0.1) is 13.2 Å². The number of allylic oxidation sites excluding steroid dienone is 2. The highest BCUT2D eigenvalue weighted by Gasteiger charge is 2.25. The largest absolute Gasteiger partial charge is 0.491 e. The van der Waals surface area contributed by atoms with Gasteiger partial charge in [0.05, 0.1) is 12.2 Å². The SMILES string of the molecule is C=CCc1cc(C(C)(C)c2ccc(OCC(O)CC)c(CC=C)c2)ccc1OCC(O)CC. The lowest BCUT2D eigenvalue weighted by Crippen LogP contribution is -2.21. The monoisotopic (exact) mass is 452 g/mol. The number of aliphatic hydroxyl groups is 2. The van der Waals surface area contributed by atoms with E-state index in [4.69, 9.17) is 9.47 Å². The molecule has 0 amide bonds. The van der Waals surface area contributed by atoms with Gasteiger partial charge in [-0.2, -0.15) is 0 Å². The molecule has 0 radical (unpaired) electrons. The van der Waals surface area contributed by atoms with Crippen LogP contribution in [0.5, 0.6) is 11.5 Å². The molecule has 2 atom stereocenters. The van der Waals surface area contributed by atoms with Crippen LogP contribution in [0.25, 0.3) is 0 Å². The Balaban J connectivity index is 2.36. The van der Waals surface area contributed by atoms with Gasteiger partial charge in [0.25, 0.3) is 0 Å². The van der Waals surface area contributed by atoms with E-state index in [1.54, 1.807) is 0 Å². The van der Waals surface area contributed by atoms with E-state index in [-0.39, 0.29) is 18.6 Å². The maximum atomic E-state index is 9.87. The zero-order valence-electron chi connectivity index (χ0n) is 20.6. The maximum absolute atomic E-state index is 9.87. The molecule has 0 aliphatic carbocycles. The van der Waals surface area contributed by atoms with Crippen LogP contribution in [0.15, 0.2) is 61.7 Å². The van der Waals surface area contributed by atoms with Crippen LogP contribution in [0, 0.1) is 0 Å². The summed E-state index contributed by atoms with van der Waals surface area (Å²) in [5.41, 5.74) is 4.19. The Morgan fingerprint density at radius 3 is 1.52 bits per heavy atom. The molecule has 0 saturated carbocycles. The molecule has 2 aromatic rings. The highest BCUT2D eigenvalue weighted by Crippen LogP contribution is 2.36. The topological polar surface area (TPSA) is 58.9 Å². The first-order chi connectivity index (χ1) is 15.8. The first-order valence-corrected chi connectivity index (χ1v) is 11.9. The van der Waals surface area contributed by atoms with Gasteiger partial charge >= 0.3 is 0 Å². The van der Waals surface area contributed by atoms with E-state index < -0.39 is 12.2 Å².